The average molecular weight is 295 g/mol. The molecule has 1 aliphatic carbocycles. The first-order valence-electron chi connectivity index (χ1n) is 6.29. The minimum Gasteiger partial charge on any atom is -0.381 e. The van der Waals surface area contributed by atoms with Gasteiger partial charge in [0.1, 0.15) is 5.03 Å². The van der Waals surface area contributed by atoms with Crippen molar-refractivity contribution in [1.82, 2.24) is 20.2 Å². The Bertz CT molecular complexity index is 506. The van der Waals surface area contributed by atoms with Crippen molar-refractivity contribution < 1.29 is 9.59 Å². The van der Waals surface area contributed by atoms with Crippen LogP contribution < -0.4 is 11.1 Å². The number of hydrogen-bond donors (Lipinski definition) is 2. The van der Waals surface area contributed by atoms with E-state index in [-0.39, 0.29) is 24.1 Å². The van der Waals surface area contributed by atoms with Crippen molar-refractivity contribution in [2.24, 2.45) is 0 Å². The second-order valence-corrected chi connectivity index (χ2v) is 5.59. The maximum absolute atomic E-state index is 11.9. The summed E-state index contributed by atoms with van der Waals surface area (Å²) < 4.78 is 0. The van der Waals surface area contributed by atoms with Gasteiger partial charge in [0.15, 0.2) is 5.82 Å². The van der Waals surface area contributed by atoms with Crippen molar-refractivity contribution in [3.8, 4) is 0 Å². The molecule has 2 amide bonds. The number of nitrogens with zero attached hydrogens (tertiary/aromatic N) is 3. The molecule has 0 radical (unpaired) electrons. The number of thioether (sulfide) groups is 1. The van der Waals surface area contributed by atoms with Gasteiger partial charge >= 0.3 is 0 Å². The van der Waals surface area contributed by atoms with Crippen molar-refractivity contribution in [2.75, 3.05) is 25.1 Å². The Balaban J connectivity index is 1.75. The van der Waals surface area contributed by atoms with Crippen molar-refractivity contribution in [2.45, 2.75) is 23.9 Å². The lowest BCUT2D eigenvalue weighted by atomic mass is 10.4. The summed E-state index contributed by atoms with van der Waals surface area (Å²) in [6.45, 7) is 0.0752. The van der Waals surface area contributed by atoms with Gasteiger partial charge in [-0.25, -0.2) is 9.97 Å². The molecule has 0 aromatic carbocycles. The predicted octanol–water partition coefficient (Wildman–Crippen LogP) is -0.112. The SMILES string of the molecule is CN(CC(=O)NC1CC1)C(=O)CSc1nccnc1N. The third-order valence-corrected chi connectivity index (χ3v) is 3.75. The van der Waals surface area contributed by atoms with Crippen LogP contribution in [0.25, 0.3) is 0 Å². The van der Waals surface area contributed by atoms with E-state index >= 15 is 0 Å². The van der Waals surface area contributed by atoms with Crippen LogP contribution in [0.3, 0.4) is 0 Å². The second kappa shape index (κ2) is 6.56. The molecule has 0 unspecified atom stereocenters. The molecule has 1 aromatic heterocycles. The van der Waals surface area contributed by atoms with Crippen LogP contribution in [0.4, 0.5) is 5.82 Å². The van der Waals surface area contributed by atoms with Crippen LogP contribution in [-0.4, -0.2) is 52.1 Å². The van der Waals surface area contributed by atoms with E-state index in [1.807, 2.05) is 0 Å². The van der Waals surface area contributed by atoms with Gasteiger partial charge in [0.2, 0.25) is 11.8 Å². The summed E-state index contributed by atoms with van der Waals surface area (Å²) >= 11 is 1.22. The standard InChI is InChI=1S/C12H17N5O2S/c1-17(6-9(18)16-8-2-3-8)10(19)7-20-12-11(13)14-4-5-15-12/h4-5,8H,2-3,6-7H2,1H3,(H2,13,14)(H,16,18). The number of aromatic nitrogens is 2. The topological polar surface area (TPSA) is 101 Å². The predicted molar refractivity (Wildman–Crippen MR) is 76.0 cm³/mol. The van der Waals surface area contributed by atoms with Gasteiger partial charge in [-0.05, 0) is 12.8 Å². The lowest BCUT2D eigenvalue weighted by Crippen LogP contribution is -2.39. The quantitative estimate of drug-likeness (QED) is 0.710. The first-order chi connectivity index (χ1) is 9.56. The molecule has 3 N–H and O–H groups in total. The number of carbonyl (C=O) groups is 2. The maximum atomic E-state index is 11.9. The largest absolute Gasteiger partial charge is 0.381 e. The summed E-state index contributed by atoms with van der Waals surface area (Å²) in [6, 6.07) is 0.305. The molecular formula is C12H17N5O2S. The van der Waals surface area contributed by atoms with Crippen LogP contribution >= 0.6 is 11.8 Å². The van der Waals surface area contributed by atoms with Gasteiger partial charge in [0.25, 0.3) is 0 Å². The van der Waals surface area contributed by atoms with Crippen molar-refractivity contribution in [3.05, 3.63) is 12.4 Å². The van der Waals surface area contributed by atoms with Crippen molar-refractivity contribution >= 4 is 29.4 Å². The molecule has 2 rings (SSSR count). The second-order valence-electron chi connectivity index (χ2n) is 4.63. The number of nitrogen functional groups attached to an aromatic ring is 1. The normalized spacial score (nSPS) is 13.8. The zero-order valence-electron chi connectivity index (χ0n) is 11.2. The molecular weight excluding hydrogens is 278 g/mol. The van der Waals surface area contributed by atoms with E-state index < -0.39 is 0 Å². The monoisotopic (exact) mass is 295 g/mol. The Morgan fingerprint density at radius 2 is 2.15 bits per heavy atom. The van der Waals surface area contributed by atoms with E-state index in [0.717, 1.165) is 12.8 Å². The number of nitrogens with two attached hydrogens (primary N) is 1. The van der Waals surface area contributed by atoms with Gasteiger partial charge in [-0.15, -0.1) is 0 Å². The molecule has 0 saturated heterocycles. The Kier molecular flexibility index (Phi) is 4.78. The Labute approximate surface area is 121 Å². The molecule has 20 heavy (non-hydrogen) atoms. The number of amides is 2. The zero-order valence-corrected chi connectivity index (χ0v) is 12.0. The van der Waals surface area contributed by atoms with Crippen LogP contribution in [0.5, 0.6) is 0 Å². The van der Waals surface area contributed by atoms with Crippen LogP contribution in [0.15, 0.2) is 17.4 Å². The zero-order chi connectivity index (χ0) is 14.5. The number of hydrogen-bond acceptors (Lipinski definition) is 6. The number of nitrogens with one attached hydrogen (secondary N) is 1. The van der Waals surface area contributed by atoms with Crippen molar-refractivity contribution in [3.63, 3.8) is 0 Å². The number of rotatable bonds is 6. The van der Waals surface area contributed by atoms with Gasteiger partial charge in [0, 0.05) is 25.5 Å². The van der Waals surface area contributed by atoms with E-state index in [9.17, 15) is 9.59 Å². The minimum atomic E-state index is -0.147. The molecule has 0 atom stereocenters. The smallest absolute Gasteiger partial charge is 0.239 e. The number of anilines is 1. The summed E-state index contributed by atoms with van der Waals surface area (Å²) in [5, 5.41) is 3.37. The molecule has 108 valence electrons. The fourth-order valence-corrected chi connectivity index (χ4v) is 2.31. The summed E-state index contributed by atoms with van der Waals surface area (Å²) in [6.07, 6.45) is 5.09. The Morgan fingerprint density at radius 1 is 1.45 bits per heavy atom. The first-order valence-corrected chi connectivity index (χ1v) is 7.27. The molecule has 1 heterocycles. The highest BCUT2D eigenvalue weighted by Crippen LogP contribution is 2.20. The van der Waals surface area contributed by atoms with E-state index in [0.29, 0.717) is 16.9 Å². The van der Waals surface area contributed by atoms with Gasteiger partial charge in [-0.1, -0.05) is 11.8 Å². The molecule has 1 aromatic rings. The van der Waals surface area contributed by atoms with Crippen LogP contribution in [0.1, 0.15) is 12.8 Å². The number of likely N-dealkylation sites (N-methyl/N-ethyl adjacent to an activating group) is 1. The van der Waals surface area contributed by atoms with Gasteiger partial charge in [-0.3, -0.25) is 9.59 Å². The van der Waals surface area contributed by atoms with E-state index in [4.69, 9.17) is 5.73 Å². The van der Waals surface area contributed by atoms with E-state index in [1.54, 1.807) is 7.05 Å². The summed E-state index contributed by atoms with van der Waals surface area (Å²) in [4.78, 5) is 32.8. The molecule has 0 bridgehead atoms. The summed E-state index contributed by atoms with van der Waals surface area (Å²) in [7, 11) is 1.61. The van der Waals surface area contributed by atoms with Crippen molar-refractivity contribution in [1.29, 1.82) is 0 Å². The third-order valence-electron chi connectivity index (χ3n) is 2.77. The molecule has 1 fully saturated rings. The fourth-order valence-electron chi connectivity index (χ4n) is 1.49. The van der Waals surface area contributed by atoms with Crippen LogP contribution in [0, 0.1) is 0 Å². The van der Waals surface area contributed by atoms with E-state index in [1.165, 1.54) is 29.1 Å². The fraction of sp³-hybridized carbons (Fsp3) is 0.500. The minimum absolute atomic E-state index is 0.0752. The molecule has 1 saturated carbocycles. The molecule has 0 aliphatic heterocycles. The third kappa shape index (κ3) is 4.37. The summed E-state index contributed by atoms with van der Waals surface area (Å²) in [5.74, 6) is 0.216. The lowest BCUT2D eigenvalue weighted by Gasteiger charge is -2.16. The maximum Gasteiger partial charge on any atom is 0.239 e. The highest BCUT2D eigenvalue weighted by atomic mass is 32.2. The van der Waals surface area contributed by atoms with Gasteiger partial charge in [-0.2, -0.15) is 0 Å². The van der Waals surface area contributed by atoms with Gasteiger partial charge in [0.05, 0.1) is 12.3 Å². The van der Waals surface area contributed by atoms with Gasteiger partial charge < -0.3 is 16.0 Å². The average Bonchev–Trinajstić information content (AvgIpc) is 3.21. The highest BCUT2D eigenvalue weighted by molar-refractivity contribution is 8.00. The highest BCUT2D eigenvalue weighted by Gasteiger charge is 2.24. The van der Waals surface area contributed by atoms with E-state index in [2.05, 4.69) is 15.3 Å². The lowest BCUT2D eigenvalue weighted by molar-refractivity contribution is -0.132. The molecule has 0 spiro atoms. The molecule has 1 aliphatic rings. The van der Waals surface area contributed by atoms with Crippen LogP contribution in [0.2, 0.25) is 0 Å². The number of carbonyl (C=O) groups excluding carboxylic acids is 2. The Morgan fingerprint density at radius 3 is 2.80 bits per heavy atom. The molecule has 7 nitrogen and oxygen atoms in total. The first kappa shape index (κ1) is 14.6. The summed E-state index contributed by atoms with van der Waals surface area (Å²) in [5.41, 5.74) is 5.64. The van der Waals surface area contributed by atoms with Crippen LogP contribution in [-0.2, 0) is 9.59 Å². The Hall–Kier alpha value is -1.83. The molecule has 8 heteroatoms.